The molecule has 2 N–H and O–H groups in total. The van der Waals surface area contributed by atoms with E-state index in [1.54, 1.807) is 0 Å². The van der Waals surface area contributed by atoms with Crippen molar-refractivity contribution in [1.29, 1.82) is 0 Å². The third-order valence-electron chi connectivity index (χ3n) is 2.29. The minimum atomic E-state index is 0. The fourth-order valence-electron chi connectivity index (χ4n) is 1.41. The number of hydrogen-bond donors (Lipinski definition) is 2. The molecule has 0 bridgehead atoms. The second-order valence-corrected chi connectivity index (χ2v) is 4.80. The Hall–Kier alpha value is -0.0400. The molecule has 0 amide bonds. The van der Waals surface area contributed by atoms with Crippen molar-refractivity contribution in [3.8, 4) is 0 Å². The zero-order valence-corrected chi connectivity index (χ0v) is 13.0. The van der Waals surface area contributed by atoms with Crippen LogP contribution in [0.3, 0.4) is 0 Å². The Morgan fingerprint density at radius 3 is 2.44 bits per heavy atom. The van der Waals surface area contributed by atoms with Crippen molar-refractivity contribution in [3.05, 3.63) is 0 Å². The first-order valence-electron chi connectivity index (χ1n) is 5.68. The van der Waals surface area contributed by atoms with Gasteiger partial charge in [-0.3, -0.25) is 4.99 Å². The summed E-state index contributed by atoms with van der Waals surface area (Å²) in [5, 5.41) is 6.53. The number of aliphatic imine (C=N–C) groups is 1. The smallest absolute Gasteiger partial charge is 0.191 e. The van der Waals surface area contributed by atoms with E-state index in [1.165, 1.54) is 0 Å². The Morgan fingerprint density at radius 1 is 1.44 bits per heavy atom. The van der Waals surface area contributed by atoms with E-state index in [1.807, 2.05) is 0 Å². The fourth-order valence-corrected chi connectivity index (χ4v) is 1.41. The number of hydrogen-bond acceptors (Lipinski definition) is 2. The SMILES string of the molecule is CCNC(=NCC1(C)COC1)NC(C)C.I. The van der Waals surface area contributed by atoms with Gasteiger partial charge in [-0.25, -0.2) is 0 Å². The summed E-state index contributed by atoms with van der Waals surface area (Å²) >= 11 is 0. The molecule has 0 aromatic carbocycles. The van der Waals surface area contributed by atoms with Gasteiger partial charge in [0.15, 0.2) is 5.96 Å². The van der Waals surface area contributed by atoms with E-state index in [-0.39, 0.29) is 29.4 Å². The summed E-state index contributed by atoms with van der Waals surface area (Å²) in [4.78, 5) is 4.56. The lowest BCUT2D eigenvalue weighted by molar-refractivity contribution is -0.0945. The van der Waals surface area contributed by atoms with Crippen molar-refractivity contribution in [3.63, 3.8) is 0 Å². The van der Waals surface area contributed by atoms with E-state index < -0.39 is 0 Å². The monoisotopic (exact) mass is 341 g/mol. The van der Waals surface area contributed by atoms with Crippen molar-refractivity contribution in [2.45, 2.75) is 33.7 Å². The predicted octanol–water partition coefficient (Wildman–Crippen LogP) is 1.60. The molecule has 0 radical (unpaired) electrons. The van der Waals surface area contributed by atoms with Crippen LogP contribution in [0, 0.1) is 5.41 Å². The highest BCUT2D eigenvalue weighted by Gasteiger charge is 2.33. The van der Waals surface area contributed by atoms with Crippen molar-refractivity contribution in [1.82, 2.24) is 10.6 Å². The molecule has 0 spiro atoms. The van der Waals surface area contributed by atoms with Gasteiger partial charge in [0.25, 0.3) is 0 Å². The minimum absolute atomic E-state index is 0. The molecule has 1 aliphatic heterocycles. The second kappa shape index (κ2) is 7.32. The zero-order valence-electron chi connectivity index (χ0n) is 10.7. The fraction of sp³-hybridized carbons (Fsp3) is 0.909. The van der Waals surface area contributed by atoms with Crippen LogP contribution >= 0.6 is 24.0 Å². The first-order valence-corrected chi connectivity index (χ1v) is 5.68. The third-order valence-corrected chi connectivity index (χ3v) is 2.29. The average molecular weight is 341 g/mol. The summed E-state index contributed by atoms with van der Waals surface area (Å²) in [7, 11) is 0. The molecule has 4 nitrogen and oxygen atoms in total. The molecule has 0 atom stereocenters. The van der Waals surface area contributed by atoms with E-state index in [0.29, 0.717) is 6.04 Å². The molecule has 1 heterocycles. The highest BCUT2D eigenvalue weighted by atomic mass is 127. The number of halogens is 1. The van der Waals surface area contributed by atoms with Gasteiger partial charge in [0.2, 0.25) is 0 Å². The summed E-state index contributed by atoms with van der Waals surface area (Å²) < 4.78 is 5.20. The highest BCUT2D eigenvalue weighted by Crippen LogP contribution is 2.26. The molecule has 0 aromatic rings. The van der Waals surface area contributed by atoms with Crippen LogP contribution in [0.5, 0.6) is 0 Å². The molecule has 16 heavy (non-hydrogen) atoms. The van der Waals surface area contributed by atoms with Gasteiger partial charge in [0.1, 0.15) is 0 Å². The number of guanidine groups is 1. The maximum atomic E-state index is 5.20. The van der Waals surface area contributed by atoms with Gasteiger partial charge in [0.05, 0.1) is 19.8 Å². The van der Waals surface area contributed by atoms with Crippen molar-refractivity contribution >= 4 is 29.9 Å². The van der Waals surface area contributed by atoms with Crippen LogP contribution in [-0.4, -0.2) is 38.3 Å². The molecule has 0 aromatic heterocycles. The molecule has 0 saturated carbocycles. The van der Waals surface area contributed by atoms with Crippen LogP contribution in [0.15, 0.2) is 4.99 Å². The second-order valence-electron chi connectivity index (χ2n) is 4.80. The lowest BCUT2D eigenvalue weighted by atomic mass is 9.89. The van der Waals surface area contributed by atoms with Crippen LogP contribution < -0.4 is 10.6 Å². The zero-order chi connectivity index (χ0) is 11.3. The van der Waals surface area contributed by atoms with Gasteiger partial charge < -0.3 is 15.4 Å². The topological polar surface area (TPSA) is 45.7 Å². The molecule has 1 rings (SSSR count). The maximum Gasteiger partial charge on any atom is 0.191 e. The van der Waals surface area contributed by atoms with Gasteiger partial charge in [-0.05, 0) is 20.8 Å². The first kappa shape index (κ1) is 16.0. The number of nitrogens with one attached hydrogen (secondary N) is 2. The van der Waals surface area contributed by atoms with Gasteiger partial charge in [-0.2, -0.15) is 0 Å². The number of rotatable bonds is 4. The molecule has 96 valence electrons. The molecule has 1 saturated heterocycles. The maximum absolute atomic E-state index is 5.20. The van der Waals surface area contributed by atoms with E-state index in [9.17, 15) is 0 Å². The number of nitrogens with zero attached hydrogens (tertiary/aromatic N) is 1. The van der Waals surface area contributed by atoms with E-state index >= 15 is 0 Å². The van der Waals surface area contributed by atoms with Crippen LogP contribution in [0.25, 0.3) is 0 Å². The summed E-state index contributed by atoms with van der Waals surface area (Å²) in [6.45, 7) is 11.9. The van der Waals surface area contributed by atoms with Crippen LogP contribution in [-0.2, 0) is 4.74 Å². The molecule has 5 heteroatoms. The van der Waals surface area contributed by atoms with Gasteiger partial charge in [-0.15, -0.1) is 24.0 Å². The molecule has 1 aliphatic rings. The van der Waals surface area contributed by atoms with Crippen molar-refractivity contribution in [2.24, 2.45) is 10.4 Å². The van der Waals surface area contributed by atoms with Crippen molar-refractivity contribution < 1.29 is 4.74 Å². The Balaban J connectivity index is 0.00000225. The molecular formula is C11H24IN3O. The lowest BCUT2D eigenvalue weighted by Gasteiger charge is -2.36. The van der Waals surface area contributed by atoms with E-state index in [0.717, 1.165) is 32.3 Å². The Bertz CT molecular complexity index is 227. The van der Waals surface area contributed by atoms with E-state index in [4.69, 9.17) is 4.74 Å². The van der Waals surface area contributed by atoms with Gasteiger partial charge in [-0.1, -0.05) is 6.92 Å². The Labute approximate surface area is 116 Å². The third kappa shape index (κ3) is 5.34. The number of ether oxygens (including phenoxy) is 1. The van der Waals surface area contributed by atoms with Gasteiger partial charge >= 0.3 is 0 Å². The first-order chi connectivity index (χ1) is 7.06. The normalized spacial score (nSPS) is 18.7. The molecule has 0 unspecified atom stereocenters. The minimum Gasteiger partial charge on any atom is -0.380 e. The summed E-state index contributed by atoms with van der Waals surface area (Å²) in [6.07, 6.45) is 0. The van der Waals surface area contributed by atoms with E-state index in [2.05, 4.69) is 43.3 Å². The van der Waals surface area contributed by atoms with Crippen LogP contribution in [0.4, 0.5) is 0 Å². The predicted molar refractivity (Wildman–Crippen MR) is 78.6 cm³/mol. The van der Waals surface area contributed by atoms with Crippen molar-refractivity contribution in [2.75, 3.05) is 26.3 Å². The quantitative estimate of drug-likeness (QED) is 0.464. The van der Waals surface area contributed by atoms with Crippen LogP contribution in [0.2, 0.25) is 0 Å². The summed E-state index contributed by atoms with van der Waals surface area (Å²) in [5.41, 5.74) is 0.249. The van der Waals surface area contributed by atoms with Gasteiger partial charge in [0, 0.05) is 18.0 Å². The molecule has 0 aliphatic carbocycles. The lowest BCUT2D eigenvalue weighted by Crippen LogP contribution is -2.45. The summed E-state index contributed by atoms with van der Waals surface area (Å²) in [6, 6.07) is 0.410. The molecular weight excluding hydrogens is 317 g/mol. The van der Waals surface area contributed by atoms with Crippen LogP contribution in [0.1, 0.15) is 27.7 Å². The molecule has 1 fully saturated rings. The Kier molecular flexibility index (Phi) is 7.30. The largest absolute Gasteiger partial charge is 0.380 e. The summed E-state index contributed by atoms with van der Waals surface area (Å²) in [5.74, 6) is 0.903. The standard InChI is InChI=1S/C11H23N3O.HI/c1-5-12-10(14-9(2)3)13-6-11(4)7-15-8-11;/h9H,5-8H2,1-4H3,(H2,12,13,14);1H. The Morgan fingerprint density at radius 2 is 2.06 bits per heavy atom. The average Bonchev–Trinajstić information content (AvgIpc) is 2.11. The highest BCUT2D eigenvalue weighted by molar-refractivity contribution is 14.0.